The second-order valence-corrected chi connectivity index (χ2v) is 9.77. The maximum Gasteiger partial charge on any atom is 0.446 e. The first-order chi connectivity index (χ1) is 15.0. The zero-order valence-corrected chi connectivity index (χ0v) is 18.1. The SMILES string of the molecule is N#CCNC(=O)C(CS(=O)(=O)Cc1cccc(SC(F)(F)F)c1)NC(=O)c1ccccc1. The molecule has 0 aliphatic carbocycles. The minimum absolute atomic E-state index is 0.102. The number of nitrogens with one attached hydrogen (secondary N) is 2. The van der Waals surface area contributed by atoms with Gasteiger partial charge in [0, 0.05) is 10.5 Å². The molecule has 0 fully saturated rings. The molecule has 2 N–H and O–H groups in total. The first-order valence-corrected chi connectivity index (χ1v) is 11.7. The van der Waals surface area contributed by atoms with E-state index in [9.17, 15) is 31.2 Å². The van der Waals surface area contributed by atoms with Gasteiger partial charge >= 0.3 is 5.51 Å². The smallest absolute Gasteiger partial charge is 0.341 e. The van der Waals surface area contributed by atoms with E-state index in [2.05, 4.69) is 10.6 Å². The molecule has 2 rings (SSSR count). The van der Waals surface area contributed by atoms with Crippen molar-refractivity contribution in [2.24, 2.45) is 0 Å². The molecule has 0 saturated heterocycles. The van der Waals surface area contributed by atoms with Crippen LogP contribution in [0.2, 0.25) is 0 Å². The molecule has 32 heavy (non-hydrogen) atoms. The van der Waals surface area contributed by atoms with Gasteiger partial charge in [-0.05, 0) is 41.6 Å². The molecular weight excluding hydrogens is 467 g/mol. The Morgan fingerprint density at radius 3 is 2.41 bits per heavy atom. The number of hydrogen-bond acceptors (Lipinski definition) is 6. The number of carbonyl (C=O) groups is 2. The van der Waals surface area contributed by atoms with Crippen molar-refractivity contribution in [2.75, 3.05) is 12.3 Å². The second-order valence-electron chi connectivity index (χ2n) is 6.52. The summed E-state index contributed by atoms with van der Waals surface area (Å²) in [6, 6.07) is 12.9. The first-order valence-electron chi connectivity index (χ1n) is 9.05. The van der Waals surface area contributed by atoms with Gasteiger partial charge in [0.25, 0.3) is 5.91 Å². The number of nitriles is 1. The van der Waals surface area contributed by atoms with Crippen molar-refractivity contribution in [3.05, 3.63) is 65.7 Å². The van der Waals surface area contributed by atoms with Crippen LogP contribution in [0.1, 0.15) is 15.9 Å². The minimum Gasteiger partial charge on any atom is -0.341 e. The molecule has 0 spiro atoms. The molecule has 0 aliphatic heterocycles. The fourth-order valence-electron chi connectivity index (χ4n) is 2.66. The van der Waals surface area contributed by atoms with Crippen LogP contribution >= 0.6 is 11.8 Å². The van der Waals surface area contributed by atoms with E-state index in [0.717, 1.165) is 6.07 Å². The third-order valence-corrected chi connectivity index (χ3v) is 6.27. The average molecular weight is 486 g/mol. The molecule has 0 saturated carbocycles. The summed E-state index contributed by atoms with van der Waals surface area (Å²) < 4.78 is 63.1. The Balaban J connectivity index is 2.18. The highest BCUT2D eigenvalue weighted by atomic mass is 32.2. The molecule has 0 radical (unpaired) electrons. The number of thioether (sulfide) groups is 1. The maximum absolute atomic E-state index is 12.7. The number of nitrogens with zero attached hydrogens (tertiary/aromatic N) is 1. The Labute approximate surface area is 186 Å². The summed E-state index contributed by atoms with van der Waals surface area (Å²) in [4.78, 5) is 24.6. The van der Waals surface area contributed by atoms with Crippen molar-refractivity contribution in [3.63, 3.8) is 0 Å². The van der Waals surface area contributed by atoms with E-state index in [1.165, 1.54) is 30.3 Å². The minimum atomic E-state index is -4.52. The molecule has 0 aromatic heterocycles. The lowest BCUT2D eigenvalue weighted by molar-refractivity contribution is -0.122. The van der Waals surface area contributed by atoms with Crippen LogP contribution in [0.5, 0.6) is 0 Å². The molecule has 0 aliphatic rings. The highest BCUT2D eigenvalue weighted by molar-refractivity contribution is 8.00. The molecule has 2 aromatic carbocycles. The summed E-state index contributed by atoms with van der Waals surface area (Å²) in [7, 11) is -4.04. The lowest BCUT2D eigenvalue weighted by Crippen LogP contribution is -2.50. The fourth-order valence-corrected chi connectivity index (χ4v) is 4.84. The molecule has 170 valence electrons. The molecule has 7 nitrogen and oxygen atoms in total. The van der Waals surface area contributed by atoms with Crippen molar-refractivity contribution in [1.29, 1.82) is 5.26 Å². The number of alkyl halides is 3. The summed E-state index contributed by atoms with van der Waals surface area (Å²) in [6.07, 6.45) is 0. The van der Waals surface area contributed by atoms with E-state index in [1.807, 2.05) is 0 Å². The third kappa shape index (κ3) is 8.60. The van der Waals surface area contributed by atoms with Crippen LogP contribution in [0.25, 0.3) is 0 Å². The number of benzene rings is 2. The number of sulfone groups is 1. The van der Waals surface area contributed by atoms with Gasteiger partial charge in [-0.1, -0.05) is 30.3 Å². The maximum atomic E-state index is 12.7. The number of amides is 2. The second kappa shape index (κ2) is 11.0. The van der Waals surface area contributed by atoms with Gasteiger partial charge in [-0.25, -0.2) is 8.42 Å². The summed E-state index contributed by atoms with van der Waals surface area (Å²) >= 11 is -0.372. The van der Waals surface area contributed by atoms with Gasteiger partial charge in [0.1, 0.15) is 12.6 Å². The quantitative estimate of drug-likeness (QED) is 0.417. The van der Waals surface area contributed by atoms with E-state index in [4.69, 9.17) is 5.26 Å². The summed E-state index contributed by atoms with van der Waals surface area (Å²) in [5, 5.41) is 13.2. The number of halogens is 3. The topological polar surface area (TPSA) is 116 Å². The van der Waals surface area contributed by atoms with Gasteiger partial charge in [-0.3, -0.25) is 9.59 Å². The fraction of sp³-hybridized carbons (Fsp3) is 0.250. The standard InChI is InChI=1S/C20H18F3N3O4S2/c21-20(22,23)31-16-8-4-5-14(11-16)12-32(29,30)13-17(19(28)25-10-9-24)26-18(27)15-6-2-1-3-7-15/h1-8,11,17H,10,12-13H2,(H,25,28)(H,26,27). The molecule has 0 bridgehead atoms. The van der Waals surface area contributed by atoms with Gasteiger partial charge in [-0.2, -0.15) is 18.4 Å². The Morgan fingerprint density at radius 1 is 1.09 bits per heavy atom. The third-order valence-electron chi connectivity index (χ3n) is 3.94. The van der Waals surface area contributed by atoms with Crippen LogP contribution in [0, 0.1) is 11.3 Å². The Kier molecular flexibility index (Phi) is 8.68. The van der Waals surface area contributed by atoms with Crippen molar-refractivity contribution < 1.29 is 31.2 Å². The molecule has 2 aromatic rings. The van der Waals surface area contributed by atoms with Crippen LogP contribution in [0.15, 0.2) is 59.5 Å². The van der Waals surface area contributed by atoms with E-state index in [-0.39, 0.29) is 27.8 Å². The lowest BCUT2D eigenvalue weighted by atomic mass is 10.2. The molecular formula is C20H18F3N3O4S2. The summed E-state index contributed by atoms with van der Waals surface area (Å²) in [5.74, 6) is -3.01. The Morgan fingerprint density at radius 2 is 1.78 bits per heavy atom. The van der Waals surface area contributed by atoms with Crippen LogP contribution in [-0.2, 0) is 20.4 Å². The van der Waals surface area contributed by atoms with Crippen LogP contribution in [-0.4, -0.2) is 44.1 Å². The monoisotopic (exact) mass is 485 g/mol. The van der Waals surface area contributed by atoms with E-state index >= 15 is 0 Å². The lowest BCUT2D eigenvalue weighted by Gasteiger charge is -2.18. The zero-order chi connectivity index (χ0) is 23.8. The van der Waals surface area contributed by atoms with Crippen molar-refractivity contribution in [1.82, 2.24) is 10.6 Å². The van der Waals surface area contributed by atoms with Crippen LogP contribution in [0.3, 0.4) is 0 Å². The normalized spacial score (nSPS) is 12.4. The molecule has 1 unspecified atom stereocenters. The van der Waals surface area contributed by atoms with Gasteiger partial charge < -0.3 is 10.6 Å². The van der Waals surface area contributed by atoms with Crippen molar-refractivity contribution >= 4 is 33.4 Å². The predicted octanol–water partition coefficient (Wildman–Crippen LogP) is 2.65. The highest BCUT2D eigenvalue weighted by Gasteiger charge is 2.30. The van der Waals surface area contributed by atoms with Crippen LogP contribution in [0.4, 0.5) is 13.2 Å². The van der Waals surface area contributed by atoms with E-state index in [1.54, 1.807) is 24.3 Å². The summed E-state index contributed by atoms with van der Waals surface area (Å²) in [5.41, 5.74) is -4.23. The number of hydrogen-bond donors (Lipinski definition) is 2. The van der Waals surface area contributed by atoms with Crippen molar-refractivity contribution in [2.45, 2.75) is 22.2 Å². The van der Waals surface area contributed by atoms with Gasteiger partial charge in [0.2, 0.25) is 5.91 Å². The Hall–Kier alpha value is -3.04. The van der Waals surface area contributed by atoms with Gasteiger partial charge in [0.15, 0.2) is 9.84 Å². The molecule has 12 heteroatoms. The van der Waals surface area contributed by atoms with Crippen molar-refractivity contribution in [3.8, 4) is 6.07 Å². The largest absolute Gasteiger partial charge is 0.446 e. The summed E-state index contributed by atoms with van der Waals surface area (Å²) in [6.45, 7) is -0.396. The predicted molar refractivity (Wildman–Crippen MR) is 112 cm³/mol. The number of rotatable bonds is 9. The molecule has 2 amide bonds. The van der Waals surface area contributed by atoms with E-state index in [0.29, 0.717) is 0 Å². The van der Waals surface area contributed by atoms with Gasteiger partial charge in [0.05, 0.1) is 17.6 Å². The molecule has 1 atom stereocenters. The molecule has 0 heterocycles. The van der Waals surface area contributed by atoms with Gasteiger partial charge in [-0.15, -0.1) is 0 Å². The van der Waals surface area contributed by atoms with Crippen LogP contribution < -0.4 is 10.6 Å². The highest BCUT2D eigenvalue weighted by Crippen LogP contribution is 2.37. The number of carbonyl (C=O) groups excluding carboxylic acids is 2. The first kappa shape index (κ1) is 25.2. The average Bonchev–Trinajstić information content (AvgIpc) is 2.70. The zero-order valence-electron chi connectivity index (χ0n) is 16.4. The Bertz CT molecular complexity index is 1100. The van der Waals surface area contributed by atoms with E-state index < -0.39 is 51.3 Å².